The molecule has 0 aliphatic rings. The number of rotatable bonds is 7. The lowest BCUT2D eigenvalue weighted by Crippen LogP contribution is -1.99. The molecule has 0 N–H and O–H groups in total. The molecule has 0 amide bonds. The fourth-order valence-corrected chi connectivity index (χ4v) is 1.40. The zero-order valence-corrected chi connectivity index (χ0v) is 8.78. The summed E-state index contributed by atoms with van der Waals surface area (Å²) in [5.74, 6) is 0.717. The van der Waals surface area contributed by atoms with Crippen molar-refractivity contribution in [3.63, 3.8) is 0 Å². The molecule has 12 heavy (non-hydrogen) atoms. The van der Waals surface area contributed by atoms with Crippen LogP contribution in [-0.4, -0.2) is 6.17 Å². The molecule has 0 aliphatic heterocycles. The monoisotopic (exact) mass is 174 g/mol. The van der Waals surface area contributed by atoms with Gasteiger partial charge in [-0.2, -0.15) is 0 Å². The summed E-state index contributed by atoms with van der Waals surface area (Å²) in [6, 6.07) is 0. The van der Waals surface area contributed by atoms with Crippen LogP contribution in [0.15, 0.2) is 0 Å². The highest BCUT2D eigenvalue weighted by Gasteiger charge is 2.04. The van der Waals surface area contributed by atoms with Gasteiger partial charge in [0.25, 0.3) is 0 Å². The molecule has 0 aromatic carbocycles. The van der Waals surface area contributed by atoms with E-state index in [-0.39, 0.29) is 0 Å². The molecule has 0 fully saturated rings. The minimum absolute atomic E-state index is 0.612. The van der Waals surface area contributed by atoms with Crippen LogP contribution in [-0.2, 0) is 0 Å². The second-order valence-electron chi connectivity index (χ2n) is 3.96. The minimum atomic E-state index is -0.612. The van der Waals surface area contributed by atoms with Crippen LogP contribution in [0.25, 0.3) is 0 Å². The number of hydrogen-bond acceptors (Lipinski definition) is 0. The van der Waals surface area contributed by atoms with Crippen molar-refractivity contribution >= 4 is 0 Å². The summed E-state index contributed by atoms with van der Waals surface area (Å²) in [6.07, 6.45) is 6.40. The summed E-state index contributed by atoms with van der Waals surface area (Å²) in [4.78, 5) is 0. The first-order chi connectivity index (χ1) is 5.66. The maximum Gasteiger partial charge on any atom is 0.0973 e. The van der Waals surface area contributed by atoms with E-state index in [1.54, 1.807) is 6.92 Å². The number of halogens is 1. The molecule has 0 heterocycles. The molecular weight excluding hydrogens is 151 g/mol. The highest BCUT2D eigenvalue weighted by atomic mass is 19.1. The Labute approximate surface area is 76.6 Å². The standard InChI is InChI=1S/C11H23F/c1-4-5-6-7-10(2)8-9-11(3)12/h10-11H,4-9H2,1-3H3. The first kappa shape index (κ1) is 11.9. The Balaban J connectivity index is 3.15. The maximum absolute atomic E-state index is 12.5. The molecule has 0 aromatic heterocycles. The van der Waals surface area contributed by atoms with Crippen molar-refractivity contribution in [3.8, 4) is 0 Å². The van der Waals surface area contributed by atoms with Crippen molar-refractivity contribution in [2.75, 3.05) is 0 Å². The second-order valence-corrected chi connectivity index (χ2v) is 3.96. The Morgan fingerprint density at radius 3 is 2.17 bits per heavy atom. The zero-order valence-electron chi connectivity index (χ0n) is 8.78. The van der Waals surface area contributed by atoms with Gasteiger partial charge in [-0.25, -0.2) is 4.39 Å². The summed E-state index contributed by atoms with van der Waals surface area (Å²) in [5, 5.41) is 0. The van der Waals surface area contributed by atoms with Crippen LogP contribution in [0.4, 0.5) is 4.39 Å². The van der Waals surface area contributed by atoms with Gasteiger partial charge in [-0.1, -0.05) is 39.5 Å². The van der Waals surface area contributed by atoms with E-state index in [1.807, 2.05) is 0 Å². The van der Waals surface area contributed by atoms with E-state index < -0.39 is 6.17 Å². The van der Waals surface area contributed by atoms with Crippen molar-refractivity contribution < 1.29 is 4.39 Å². The van der Waals surface area contributed by atoms with Crippen LogP contribution in [0.2, 0.25) is 0 Å². The smallest absolute Gasteiger partial charge is 0.0973 e. The molecule has 0 spiro atoms. The highest BCUT2D eigenvalue weighted by Crippen LogP contribution is 2.16. The summed E-state index contributed by atoms with van der Waals surface area (Å²) < 4.78 is 12.5. The van der Waals surface area contributed by atoms with E-state index in [9.17, 15) is 4.39 Å². The molecule has 0 nitrogen and oxygen atoms in total. The average Bonchev–Trinajstić information content (AvgIpc) is 2.01. The van der Waals surface area contributed by atoms with Crippen molar-refractivity contribution in [1.82, 2.24) is 0 Å². The van der Waals surface area contributed by atoms with Crippen molar-refractivity contribution in [3.05, 3.63) is 0 Å². The molecule has 2 unspecified atom stereocenters. The lowest BCUT2D eigenvalue weighted by molar-refractivity contribution is 0.307. The first-order valence-corrected chi connectivity index (χ1v) is 5.30. The van der Waals surface area contributed by atoms with Gasteiger partial charge in [0.05, 0.1) is 6.17 Å². The van der Waals surface area contributed by atoms with Gasteiger partial charge in [0, 0.05) is 0 Å². The molecule has 74 valence electrons. The quantitative estimate of drug-likeness (QED) is 0.504. The highest BCUT2D eigenvalue weighted by molar-refractivity contribution is 4.56. The Morgan fingerprint density at radius 1 is 1.00 bits per heavy atom. The molecule has 0 bridgehead atoms. The number of hydrogen-bond donors (Lipinski definition) is 0. The van der Waals surface area contributed by atoms with Crippen LogP contribution in [0.1, 0.15) is 59.3 Å². The summed E-state index contributed by atoms with van der Waals surface area (Å²) >= 11 is 0. The fraction of sp³-hybridized carbons (Fsp3) is 1.00. The van der Waals surface area contributed by atoms with E-state index in [0.29, 0.717) is 0 Å². The van der Waals surface area contributed by atoms with Gasteiger partial charge in [-0.3, -0.25) is 0 Å². The molecule has 0 aromatic rings. The van der Waals surface area contributed by atoms with Crippen molar-refractivity contribution in [1.29, 1.82) is 0 Å². The number of unbranched alkanes of at least 4 members (excludes halogenated alkanes) is 2. The third-order valence-electron chi connectivity index (χ3n) is 2.36. The topological polar surface area (TPSA) is 0 Å². The predicted molar refractivity (Wildman–Crippen MR) is 53.1 cm³/mol. The summed E-state index contributed by atoms with van der Waals surface area (Å²) in [7, 11) is 0. The van der Waals surface area contributed by atoms with Crippen LogP contribution < -0.4 is 0 Å². The van der Waals surface area contributed by atoms with Gasteiger partial charge in [0.2, 0.25) is 0 Å². The van der Waals surface area contributed by atoms with Gasteiger partial charge in [0.1, 0.15) is 0 Å². The molecule has 0 saturated carbocycles. The fourth-order valence-electron chi connectivity index (χ4n) is 1.40. The Hall–Kier alpha value is -0.0700. The van der Waals surface area contributed by atoms with E-state index >= 15 is 0 Å². The third-order valence-corrected chi connectivity index (χ3v) is 2.36. The molecule has 0 aliphatic carbocycles. The predicted octanol–water partition coefficient (Wildman–Crippen LogP) is 4.34. The molecule has 0 rings (SSSR count). The lowest BCUT2D eigenvalue weighted by atomic mass is 9.97. The SMILES string of the molecule is CCCCCC(C)CCC(C)F. The van der Waals surface area contributed by atoms with E-state index in [0.717, 1.165) is 18.8 Å². The molecule has 0 saturated heterocycles. The summed E-state index contributed by atoms with van der Waals surface area (Å²) in [6.45, 7) is 6.10. The molecule has 1 heteroatoms. The second kappa shape index (κ2) is 7.57. The number of alkyl halides is 1. The largest absolute Gasteiger partial charge is 0.248 e. The van der Waals surface area contributed by atoms with E-state index in [1.165, 1.54) is 25.7 Å². The van der Waals surface area contributed by atoms with E-state index in [4.69, 9.17) is 0 Å². The lowest BCUT2D eigenvalue weighted by Gasteiger charge is -2.10. The van der Waals surface area contributed by atoms with Gasteiger partial charge < -0.3 is 0 Å². The molecular formula is C11H23F. The minimum Gasteiger partial charge on any atom is -0.248 e. The van der Waals surface area contributed by atoms with Crippen molar-refractivity contribution in [2.45, 2.75) is 65.5 Å². The van der Waals surface area contributed by atoms with Gasteiger partial charge in [0.15, 0.2) is 0 Å². The van der Waals surface area contributed by atoms with Gasteiger partial charge in [-0.15, -0.1) is 0 Å². The Kier molecular flexibility index (Phi) is 7.53. The maximum atomic E-state index is 12.5. The van der Waals surface area contributed by atoms with Gasteiger partial charge in [-0.05, 0) is 25.7 Å². The summed E-state index contributed by atoms with van der Waals surface area (Å²) in [5.41, 5.74) is 0. The molecule has 0 radical (unpaired) electrons. The first-order valence-electron chi connectivity index (χ1n) is 5.30. The van der Waals surface area contributed by atoms with Crippen molar-refractivity contribution in [2.24, 2.45) is 5.92 Å². The van der Waals surface area contributed by atoms with Crippen LogP contribution in [0, 0.1) is 5.92 Å². The van der Waals surface area contributed by atoms with Crippen LogP contribution in [0.5, 0.6) is 0 Å². The zero-order chi connectivity index (χ0) is 9.40. The van der Waals surface area contributed by atoms with E-state index in [2.05, 4.69) is 13.8 Å². The Morgan fingerprint density at radius 2 is 1.67 bits per heavy atom. The Bertz CT molecular complexity index is 89.0. The van der Waals surface area contributed by atoms with Crippen LogP contribution >= 0.6 is 0 Å². The average molecular weight is 174 g/mol. The van der Waals surface area contributed by atoms with Crippen LogP contribution in [0.3, 0.4) is 0 Å². The normalized spacial score (nSPS) is 16.0. The van der Waals surface area contributed by atoms with Gasteiger partial charge >= 0.3 is 0 Å². The third kappa shape index (κ3) is 8.03. The molecule has 2 atom stereocenters.